The van der Waals surface area contributed by atoms with Gasteiger partial charge < -0.3 is 10.0 Å². The van der Waals surface area contributed by atoms with E-state index in [1.807, 2.05) is 0 Å². The van der Waals surface area contributed by atoms with Gasteiger partial charge in [0, 0.05) is 20.0 Å². The van der Waals surface area contributed by atoms with E-state index in [4.69, 9.17) is 5.11 Å². The molecule has 0 atom stereocenters. The van der Waals surface area contributed by atoms with Crippen molar-refractivity contribution < 1.29 is 14.3 Å². The van der Waals surface area contributed by atoms with Crippen LogP contribution in [0.3, 0.4) is 0 Å². The minimum atomic E-state index is -0.554. The first kappa shape index (κ1) is 10.2. The summed E-state index contributed by atoms with van der Waals surface area (Å²) in [6, 6.07) is 0. The van der Waals surface area contributed by atoms with Gasteiger partial charge in [0.25, 0.3) is 0 Å². The van der Waals surface area contributed by atoms with E-state index < -0.39 is 12.4 Å². The number of likely N-dealkylation sites (tertiary alicyclic amines) is 1. The molecule has 0 aromatic heterocycles. The maximum atomic E-state index is 12.9. The first-order chi connectivity index (χ1) is 6.15. The van der Waals surface area contributed by atoms with Crippen molar-refractivity contribution in [1.29, 1.82) is 0 Å². The van der Waals surface area contributed by atoms with E-state index in [0.717, 1.165) is 6.42 Å². The van der Waals surface area contributed by atoms with Gasteiger partial charge in [-0.15, -0.1) is 0 Å². The predicted octanol–water partition coefficient (Wildman–Crippen LogP) is 0.845. The lowest BCUT2D eigenvalue weighted by molar-refractivity contribution is -0.128. The Morgan fingerprint density at radius 1 is 1.69 bits per heavy atom. The molecule has 0 aromatic rings. The van der Waals surface area contributed by atoms with E-state index >= 15 is 0 Å². The van der Waals surface area contributed by atoms with Crippen molar-refractivity contribution >= 4 is 5.91 Å². The normalized spacial score (nSPS) is 21.6. The first-order valence-electron chi connectivity index (χ1n) is 4.38. The molecule has 0 saturated carbocycles. The molecule has 1 aliphatic rings. The van der Waals surface area contributed by atoms with Crippen LogP contribution < -0.4 is 0 Å². The number of nitrogens with zero attached hydrogens (tertiary/aromatic N) is 1. The second-order valence-corrected chi connectivity index (χ2v) is 3.21. The Kier molecular flexibility index (Phi) is 3.42. The molecule has 4 heteroatoms. The smallest absolute Gasteiger partial charge is 0.219 e. The topological polar surface area (TPSA) is 40.5 Å². The predicted molar refractivity (Wildman–Crippen MR) is 46.7 cm³/mol. The third-order valence-corrected chi connectivity index (χ3v) is 2.26. The van der Waals surface area contributed by atoms with Crippen molar-refractivity contribution in [2.75, 3.05) is 19.7 Å². The lowest BCUT2D eigenvalue weighted by atomic mass is 10.0. The van der Waals surface area contributed by atoms with Crippen LogP contribution in [0.25, 0.3) is 0 Å². The number of piperidine rings is 1. The molecule has 1 heterocycles. The van der Waals surface area contributed by atoms with Crippen LogP contribution in [0.15, 0.2) is 11.4 Å². The van der Waals surface area contributed by atoms with E-state index in [2.05, 4.69) is 0 Å². The van der Waals surface area contributed by atoms with Crippen molar-refractivity contribution in [3.63, 3.8) is 0 Å². The third-order valence-electron chi connectivity index (χ3n) is 2.26. The van der Waals surface area contributed by atoms with E-state index in [1.54, 1.807) is 4.90 Å². The zero-order chi connectivity index (χ0) is 9.84. The van der Waals surface area contributed by atoms with Crippen molar-refractivity contribution in [2.45, 2.75) is 19.8 Å². The molecule has 1 saturated heterocycles. The average molecular weight is 187 g/mol. The van der Waals surface area contributed by atoms with Crippen LogP contribution in [0.5, 0.6) is 0 Å². The van der Waals surface area contributed by atoms with Crippen molar-refractivity contribution in [3.05, 3.63) is 11.4 Å². The Hall–Kier alpha value is -0.900. The van der Waals surface area contributed by atoms with Gasteiger partial charge in [0.05, 0.1) is 6.61 Å². The van der Waals surface area contributed by atoms with Crippen LogP contribution in [0, 0.1) is 0 Å². The maximum absolute atomic E-state index is 12.9. The zero-order valence-electron chi connectivity index (χ0n) is 7.72. The van der Waals surface area contributed by atoms with Gasteiger partial charge in [0.1, 0.15) is 5.83 Å². The van der Waals surface area contributed by atoms with E-state index in [1.165, 1.54) is 6.92 Å². The van der Waals surface area contributed by atoms with Crippen LogP contribution >= 0.6 is 0 Å². The van der Waals surface area contributed by atoms with Crippen LogP contribution in [0.4, 0.5) is 4.39 Å². The maximum Gasteiger partial charge on any atom is 0.219 e. The number of aliphatic hydroxyl groups excluding tert-OH is 1. The molecular formula is C9H14FNO2. The Balaban J connectivity index is 2.66. The van der Waals surface area contributed by atoms with E-state index in [0.29, 0.717) is 25.1 Å². The van der Waals surface area contributed by atoms with Crippen LogP contribution in [-0.4, -0.2) is 35.6 Å². The highest BCUT2D eigenvalue weighted by atomic mass is 19.1. The minimum absolute atomic E-state index is 0.0389. The van der Waals surface area contributed by atoms with Crippen LogP contribution in [0.2, 0.25) is 0 Å². The number of hydrogen-bond acceptors (Lipinski definition) is 2. The fourth-order valence-corrected chi connectivity index (χ4v) is 1.47. The standard InChI is InChI=1S/C9H14FNO2/c1-7(13)11-4-2-3-8(5-11)9(10)6-12/h12H,2-6H2,1H3/b9-8-. The third kappa shape index (κ3) is 2.52. The number of hydrogen-bond donors (Lipinski definition) is 1. The zero-order valence-corrected chi connectivity index (χ0v) is 7.72. The molecule has 1 fully saturated rings. The Labute approximate surface area is 76.8 Å². The number of carbonyl (C=O) groups excluding carboxylic acids is 1. The SMILES string of the molecule is CC(=O)N1CCC/C(=C(/F)CO)C1. The average Bonchev–Trinajstić information content (AvgIpc) is 2.17. The minimum Gasteiger partial charge on any atom is -0.389 e. The molecule has 1 amide bonds. The molecule has 1 rings (SSSR count). The van der Waals surface area contributed by atoms with Crippen molar-refractivity contribution in [3.8, 4) is 0 Å². The molecule has 0 spiro atoms. The number of halogens is 1. The molecule has 0 radical (unpaired) electrons. The summed E-state index contributed by atoms with van der Waals surface area (Å²) < 4.78 is 12.9. The number of aliphatic hydroxyl groups is 1. The molecule has 0 aromatic carbocycles. The van der Waals surface area contributed by atoms with Gasteiger partial charge in [-0.05, 0) is 18.4 Å². The molecule has 0 aliphatic carbocycles. The summed E-state index contributed by atoms with van der Waals surface area (Å²) in [4.78, 5) is 12.6. The molecule has 1 N–H and O–H groups in total. The fourth-order valence-electron chi connectivity index (χ4n) is 1.47. The summed E-state index contributed by atoms with van der Waals surface area (Å²) in [5, 5.41) is 8.58. The molecule has 3 nitrogen and oxygen atoms in total. The van der Waals surface area contributed by atoms with Crippen molar-refractivity contribution in [1.82, 2.24) is 4.90 Å². The molecule has 1 aliphatic heterocycles. The monoisotopic (exact) mass is 187 g/mol. The summed E-state index contributed by atoms with van der Waals surface area (Å²) in [7, 11) is 0. The van der Waals surface area contributed by atoms with Crippen LogP contribution in [0.1, 0.15) is 19.8 Å². The highest BCUT2D eigenvalue weighted by Crippen LogP contribution is 2.19. The summed E-state index contributed by atoms with van der Waals surface area (Å²) in [5.74, 6) is -0.520. The van der Waals surface area contributed by atoms with Gasteiger partial charge in [0.15, 0.2) is 0 Å². The van der Waals surface area contributed by atoms with Gasteiger partial charge in [-0.3, -0.25) is 4.79 Å². The highest BCUT2D eigenvalue weighted by molar-refractivity contribution is 5.73. The van der Waals surface area contributed by atoms with Crippen molar-refractivity contribution in [2.24, 2.45) is 0 Å². The number of amides is 1. The quantitative estimate of drug-likeness (QED) is 0.661. The number of rotatable bonds is 1. The van der Waals surface area contributed by atoms with Gasteiger partial charge >= 0.3 is 0 Å². The second-order valence-electron chi connectivity index (χ2n) is 3.21. The first-order valence-corrected chi connectivity index (χ1v) is 4.38. The summed E-state index contributed by atoms with van der Waals surface area (Å²) in [5.41, 5.74) is 0.559. The summed E-state index contributed by atoms with van der Waals surface area (Å²) >= 11 is 0. The van der Waals surface area contributed by atoms with Gasteiger partial charge in [-0.1, -0.05) is 0 Å². The van der Waals surface area contributed by atoms with Gasteiger partial charge in [-0.25, -0.2) is 4.39 Å². The van der Waals surface area contributed by atoms with Gasteiger partial charge in [0.2, 0.25) is 5.91 Å². The lowest BCUT2D eigenvalue weighted by Crippen LogP contribution is -2.35. The van der Waals surface area contributed by atoms with E-state index in [9.17, 15) is 9.18 Å². The van der Waals surface area contributed by atoms with Gasteiger partial charge in [-0.2, -0.15) is 0 Å². The molecule has 0 bridgehead atoms. The van der Waals surface area contributed by atoms with Crippen LogP contribution in [-0.2, 0) is 4.79 Å². The molecule has 13 heavy (non-hydrogen) atoms. The highest BCUT2D eigenvalue weighted by Gasteiger charge is 2.18. The molecular weight excluding hydrogens is 173 g/mol. The van der Waals surface area contributed by atoms with E-state index in [-0.39, 0.29) is 5.91 Å². The Morgan fingerprint density at radius 3 is 2.92 bits per heavy atom. The number of carbonyl (C=O) groups is 1. The Morgan fingerprint density at radius 2 is 2.38 bits per heavy atom. The summed E-state index contributed by atoms with van der Waals surface area (Å²) in [6.07, 6.45) is 1.43. The second kappa shape index (κ2) is 4.37. The summed E-state index contributed by atoms with van der Waals surface area (Å²) in [6.45, 7) is 1.94. The lowest BCUT2D eigenvalue weighted by Gasteiger charge is -2.27. The fraction of sp³-hybridized carbons (Fsp3) is 0.667. The largest absolute Gasteiger partial charge is 0.389 e. The molecule has 74 valence electrons. The molecule has 0 unspecified atom stereocenters. The Bertz CT molecular complexity index is 238.